The lowest BCUT2D eigenvalue weighted by atomic mass is 9.99. The van der Waals surface area contributed by atoms with E-state index in [9.17, 15) is 24.3 Å². The van der Waals surface area contributed by atoms with Gasteiger partial charge in [-0.2, -0.15) is 0 Å². The summed E-state index contributed by atoms with van der Waals surface area (Å²) >= 11 is 0. The Hall–Kier alpha value is -3.30. The number of methoxy groups -OCH3 is 1. The fraction of sp³-hybridized carbons (Fsp3) is 0.565. The van der Waals surface area contributed by atoms with Gasteiger partial charge in [-0.1, -0.05) is 25.1 Å². The number of alkyl carbamates (subject to hydrolysis) is 1. The Bertz CT molecular complexity index is 910. The summed E-state index contributed by atoms with van der Waals surface area (Å²) in [5.74, 6) is -1.82. The summed E-state index contributed by atoms with van der Waals surface area (Å²) in [5, 5.41) is 15.6. The molecule has 1 saturated carbocycles. The van der Waals surface area contributed by atoms with Crippen LogP contribution in [-0.4, -0.2) is 65.7 Å². The molecule has 0 spiro atoms. The summed E-state index contributed by atoms with van der Waals surface area (Å²) in [6, 6.07) is 3.42. The number of hydrogen-bond donors (Lipinski definition) is 3. The number of phenols is 1. The predicted octanol–water partition coefficient (Wildman–Crippen LogP) is 1.79. The first-order valence-electron chi connectivity index (χ1n) is 10.8. The molecule has 3 amide bonds. The van der Waals surface area contributed by atoms with Crippen molar-refractivity contribution in [3.8, 4) is 5.75 Å². The molecule has 1 fully saturated rings. The number of benzene rings is 1. The van der Waals surface area contributed by atoms with Gasteiger partial charge in [0.05, 0.1) is 7.11 Å². The Kier molecular flexibility index (Phi) is 8.29. The van der Waals surface area contributed by atoms with Gasteiger partial charge in [0.1, 0.15) is 30.5 Å². The summed E-state index contributed by atoms with van der Waals surface area (Å²) in [7, 11) is 1.20. The lowest BCUT2D eigenvalue weighted by Gasteiger charge is -2.32. The van der Waals surface area contributed by atoms with E-state index in [1.165, 1.54) is 12.0 Å². The Balaban J connectivity index is 2.35. The molecule has 0 radical (unpaired) electrons. The number of esters is 1. The molecule has 182 valence electrons. The second-order valence-electron chi connectivity index (χ2n) is 9.15. The molecule has 1 aromatic carbocycles. The van der Waals surface area contributed by atoms with Crippen LogP contribution in [0.5, 0.6) is 5.75 Å². The van der Waals surface area contributed by atoms with E-state index in [4.69, 9.17) is 4.74 Å². The van der Waals surface area contributed by atoms with Crippen LogP contribution in [0, 0.1) is 12.8 Å². The van der Waals surface area contributed by atoms with E-state index in [2.05, 4.69) is 15.4 Å². The highest BCUT2D eigenvalue weighted by Gasteiger charge is 2.47. The van der Waals surface area contributed by atoms with Gasteiger partial charge in [-0.05, 0) is 45.6 Å². The van der Waals surface area contributed by atoms with Gasteiger partial charge in [0, 0.05) is 11.6 Å². The topological polar surface area (TPSA) is 134 Å². The Morgan fingerprint density at radius 3 is 2.36 bits per heavy atom. The number of para-hydroxylation sites is 1. The molecule has 10 nitrogen and oxygen atoms in total. The molecule has 1 aliphatic carbocycles. The van der Waals surface area contributed by atoms with Crippen LogP contribution in [0.15, 0.2) is 18.2 Å². The third-order valence-corrected chi connectivity index (χ3v) is 5.22. The number of carbonyl (C=O) groups excluding carboxylic acids is 4. The van der Waals surface area contributed by atoms with E-state index < -0.39 is 48.6 Å². The molecule has 0 saturated heterocycles. The third-order valence-electron chi connectivity index (χ3n) is 5.22. The maximum Gasteiger partial charge on any atom is 0.408 e. The van der Waals surface area contributed by atoms with E-state index in [0.717, 1.165) is 0 Å². The standard InChI is InChI=1S/C23H33N3O7/c1-13-8-7-9-15(20(13)29)19(21(30)24-12-18(28)32-6)26(16-10-14(16)2)17(27)11-25-22(31)33-23(3,4)5/h7-9,14,16,19,29H,10-12H2,1-6H3,(H,24,30)(H,25,31). The average molecular weight is 464 g/mol. The normalized spacial score (nSPS) is 18.0. The molecule has 1 aliphatic rings. The quantitative estimate of drug-likeness (QED) is 0.500. The molecule has 0 aliphatic heterocycles. The van der Waals surface area contributed by atoms with Gasteiger partial charge in [-0.25, -0.2) is 4.79 Å². The molecule has 0 bridgehead atoms. The van der Waals surface area contributed by atoms with E-state index in [1.807, 2.05) is 6.92 Å². The van der Waals surface area contributed by atoms with Gasteiger partial charge in [0.25, 0.3) is 0 Å². The predicted molar refractivity (Wildman–Crippen MR) is 119 cm³/mol. The first kappa shape index (κ1) is 26.0. The SMILES string of the molecule is COC(=O)CNC(=O)C(c1cccc(C)c1O)N(C(=O)CNC(=O)OC(C)(C)C)C1CC1C. The van der Waals surface area contributed by atoms with Crippen molar-refractivity contribution in [1.29, 1.82) is 0 Å². The smallest absolute Gasteiger partial charge is 0.408 e. The minimum atomic E-state index is -1.21. The molecule has 33 heavy (non-hydrogen) atoms. The number of rotatable bonds is 8. The first-order chi connectivity index (χ1) is 15.4. The number of aryl methyl sites for hydroxylation is 1. The number of phenolic OH excluding ortho intramolecular Hbond substituents is 1. The van der Waals surface area contributed by atoms with Crippen molar-refractivity contribution < 1.29 is 33.8 Å². The molecule has 0 aromatic heterocycles. The molecular formula is C23H33N3O7. The van der Waals surface area contributed by atoms with Crippen molar-refractivity contribution in [3.63, 3.8) is 0 Å². The number of carbonyl (C=O) groups is 4. The molecule has 10 heteroatoms. The minimum Gasteiger partial charge on any atom is -0.507 e. The number of hydrogen-bond acceptors (Lipinski definition) is 7. The van der Waals surface area contributed by atoms with Crippen LogP contribution < -0.4 is 10.6 Å². The molecule has 0 heterocycles. The van der Waals surface area contributed by atoms with Gasteiger partial charge in [0.15, 0.2) is 0 Å². The lowest BCUT2D eigenvalue weighted by molar-refractivity contribution is -0.144. The van der Waals surface area contributed by atoms with Crippen LogP contribution in [0.25, 0.3) is 0 Å². The van der Waals surface area contributed by atoms with E-state index in [0.29, 0.717) is 12.0 Å². The van der Waals surface area contributed by atoms with Crippen molar-refractivity contribution >= 4 is 23.9 Å². The largest absolute Gasteiger partial charge is 0.507 e. The minimum absolute atomic E-state index is 0.123. The van der Waals surface area contributed by atoms with Crippen molar-refractivity contribution in [2.75, 3.05) is 20.2 Å². The lowest BCUT2D eigenvalue weighted by Crippen LogP contribution is -2.49. The number of ether oxygens (including phenoxy) is 2. The monoisotopic (exact) mass is 463 g/mol. The van der Waals surface area contributed by atoms with Crippen molar-refractivity contribution in [3.05, 3.63) is 29.3 Å². The summed E-state index contributed by atoms with van der Waals surface area (Å²) in [5.41, 5.74) is 0.0186. The molecule has 3 atom stereocenters. The van der Waals surface area contributed by atoms with Crippen LogP contribution in [0.4, 0.5) is 4.79 Å². The fourth-order valence-corrected chi connectivity index (χ4v) is 3.41. The van der Waals surface area contributed by atoms with E-state index >= 15 is 0 Å². The van der Waals surface area contributed by atoms with Gasteiger partial charge in [0.2, 0.25) is 11.8 Å². The van der Waals surface area contributed by atoms with Crippen molar-refractivity contribution in [2.24, 2.45) is 5.92 Å². The maximum absolute atomic E-state index is 13.3. The van der Waals surface area contributed by atoms with E-state index in [1.54, 1.807) is 45.9 Å². The summed E-state index contributed by atoms with van der Waals surface area (Å²) in [6.07, 6.45) is -0.101. The molecule has 3 N–H and O–H groups in total. The van der Waals surface area contributed by atoms with Crippen LogP contribution in [-0.2, 0) is 23.9 Å². The van der Waals surface area contributed by atoms with Crippen LogP contribution in [0.2, 0.25) is 0 Å². The second-order valence-corrected chi connectivity index (χ2v) is 9.15. The Labute approximate surface area is 193 Å². The van der Waals surface area contributed by atoms with Crippen molar-refractivity contribution in [2.45, 2.75) is 58.7 Å². The van der Waals surface area contributed by atoms with Gasteiger partial charge in [-0.15, -0.1) is 0 Å². The number of amides is 3. The van der Waals surface area contributed by atoms with Crippen LogP contribution >= 0.6 is 0 Å². The Morgan fingerprint density at radius 2 is 1.82 bits per heavy atom. The summed E-state index contributed by atoms with van der Waals surface area (Å²) in [4.78, 5) is 51.4. The zero-order chi connectivity index (χ0) is 24.9. The van der Waals surface area contributed by atoms with E-state index in [-0.39, 0.29) is 23.3 Å². The fourth-order valence-electron chi connectivity index (χ4n) is 3.41. The highest BCUT2D eigenvalue weighted by atomic mass is 16.6. The average Bonchev–Trinajstić information content (AvgIpc) is 3.45. The highest BCUT2D eigenvalue weighted by Crippen LogP contribution is 2.42. The number of nitrogens with one attached hydrogen (secondary N) is 2. The van der Waals surface area contributed by atoms with Gasteiger partial charge in [-0.3, -0.25) is 14.4 Å². The number of nitrogens with zero attached hydrogens (tertiary/aromatic N) is 1. The Morgan fingerprint density at radius 1 is 1.18 bits per heavy atom. The number of aromatic hydroxyl groups is 1. The molecule has 3 unspecified atom stereocenters. The zero-order valence-electron chi connectivity index (χ0n) is 19.9. The van der Waals surface area contributed by atoms with Crippen molar-refractivity contribution in [1.82, 2.24) is 15.5 Å². The highest BCUT2D eigenvalue weighted by molar-refractivity contribution is 5.92. The van der Waals surface area contributed by atoms with Gasteiger partial charge >= 0.3 is 12.1 Å². The molecule has 2 rings (SSSR count). The summed E-state index contributed by atoms with van der Waals surface area (Å²) < 4.78 is 9.75. The second kappa shape index (κ2) is 10.5. The zero-order valence-corrected chi connectivity index (χ0v) is 19.9. The first-order valence-corrected chi connectivity index (χ1v) is 10.8. The summed E-state index contributed by atoms with van der Waals surface area (Å²) in [6.45, 7) is 7.94. The van der Waals surface area contributed by atoms with Gasteiger partial charge < -0.3 is 30.1 Å². The van der Waals surface area contributed by atoms with Crippen LogP contribution in [0.1, 0.15) is 51.3 Å². The molecule has 1 aromatic rings. The van der Waals surface area contributed by atoms with Crippen LogP contribution in [0.3, 0.4) is 0 Å². The molecular weight excluding hydrogens is 430 g/mol. The third kappa shape index (κ3) is 7.10. The maximum atomic E-state index is 13.3.